The first-order valence-corrected chi connectivity index (χ1v) is 8.80. The predicted octanol–water partition coefficient (Wildman–Crippen LogP) is 3.46. The third kappa shape index (κ3) is 5.55. The van der Waals surface area contributed by atoms with Crippen LogP contribution in [0.4, 0.5) is 5.69 Å². The molecule has 0 unspecified atom stereocenters. The fraction of sp³-hybridized carbons (Fsp3) is 0.211. The zero-order chi connectivity index (χ0) is 19.8. The van der Waals surface area contributed by atoms with E-state index in [0.29, 0.717) is 45.7 Å². The molecule has 142 valence electrons. The summed E-state index contributed by atoms with van der Waals surface area (Å²) in [5.74, 6) is -0.152. The van der Waals surface area contributed by atoms with Crippen LogP contribution < -0.4 is 14.8 Å². The number of hydrogen-bond acceptors (Lipinski definition) is 6. The highest BCUT2D eigenvalue weighted by atomic mass is 79.9. The van der Waals surface area contributed by atoms with Crippen LogP contribution in [0, 0.1) is 0 Å². The zero-order valence-corrected chi connectivity index (χ0v) is 16.4. The molecule has 0 saturated carbocycles. The van der Waals surface area contributed by atoms with Crippen molar-refractivity contribution in [1.29, 1.82) is 0 Å². The van der Waals surface area contributed by atoms with E-state index in [2.05, 4.69) is 21.2 Å². The number of halogens is 1. The minimum Gasteiger partial charge on any atom is -0.493 e. The van der Waals surface area contributed by atoms with Gasteiger partial charge in [0.25, 0.3) is 5.91 Å². The molecule has 0 aliphatic rings. The number of carbonyl (C=O) groups excluding carboxylic acids is 3. The lowest BCUT2D eigenvalue weighted by Gasteiger charge is -2.12. The molecule has 0 aliphatic heterocycles. The van der Waals surface area contributed by atoms with Crippen LogP contribution in [0.5, 0.6) is 11.5 Å². The van der Waals surface area contributed by atoms with Gasteiger partial charge in [0, 0.05) is 15.7 Å². The lowest BCUT2D eigenvalue weighted by molar-refractivity contribution is -0.118. The fourth-order valence-electron chi connectivity index (χ4n) is 2.16. The van der Waals surface area contributed by atoms with E-state index < -0.39 is 11.9 Å². The number of methoxy groups -OCH3 is 1. The van der Waals surface area contributed by atoms with Gasteiger partial charge in [0.05, 0.1) is 19.3 Å². The Bertz CT molecular complexity index is 835. The molecule has 0 radical (unpaired) electrons. The van der Waals surface area contributed by atoms with Gasteiger partial charge >= 0.3 is 5.97 Å². The second-order valence-corrected chi connectivity index (χ2v) is 6.13. The van der Waals surface area contributed by atoms with Crippen LogP contribution in [0.25, 0.3) is 0 Å². The standard InChI is InChI=1S/C19H18BrNO6/c1-3-26-19(24)12-4-6-14(7-5-12)21-18(23)11-27-17-9-15(20)13(10-22)8-16(17)25-2/h4-10H,3,11H2,1-2H3,(H,21,23). The summed E-state index contributed by atoms with van der Waals surface area (Å²) in [4.78, 5) is 34.6. The van der Waals surface area contributed by atoms with E-state index in [4.69, 9.17) is 14.2 Å². The Hall–Kier alpha value is -2.87. The van der Waals surface area contributed by atoms with Crippen LogP contribution in [0.2, 0.25) is 0 Å². The monoisotopic (exact) mass is 435 g/mol. The van der Waals surface area contributed by atoms with E-state index in [-0.39, 0.29) is 6.61 Å². The van der Waals surface area contributed by atoms with Gasteiger partial charge in [-0.3, -0.25) is 9.59 Å². The van der Waals surface area contributed by atoms with E-state index in [9.17, 15) is 14.4 Å². The molecule has 2 aromatic carbocycles. The second kappa shape index (κ2) is 9.72. The Labute approximate surface area is 164 Å². The second-order valence-electron chi connectivity index (χ2n) is 5.28. The molecule has 0 spiro atoms. The van der Waals surface area contributed by atoms with Crippen molar-refractivity contribution in [3.63, 3.8) is 0 Å². The van der Waals surface area contributed by atoms with Gasteiger partial charge in [-0.1, -0.05) is 0 Å². The maximum Gasteiger partial charge on any atom is 0.338 e. The van der Waals surface area contributed by atoms with Crippen molar-refractivity contribution < 1.29 is 28.6 Å². The number of carbonyl (C=O) groups is 3. The topological polar surface area (TPSA) is 90.9 Å². The molecular formula is C19H18BrNO6. The molecule has 27 heavy (non-hydrogen) atoms. The molecule has 0 bridgehead atoms. The molecule has 0 aromatic heterocycles. The predicted molar refractivity (Wildman–Crippen MR) is 103 cm³/mol. The van der Waals surface area contributed by atoms with Crippen molar-refractivity contribution in [2.24, 2.45) is 0 Å². The summed E-state index contributed by atoms with van der Waals surface area (Å²) in [6.07, 6.45) is 0.684. The molecule has 8 heteroatoms. The summed E-state index contributed by atoms with van der Waals surface area (Å²) in [6.45, 7) is 1.76. The summed E-state index contributed by atoms with van der Waals surface area (Å²) in [6, 6.07) is 9.39. The number of aldehydes is 1. The molecule has 0 aliphatic carbocycles. The molecule has 0 heterocycles. The molecule has 1 N–H and O–H groups in total. The van der Waals surface area contributed by atoms with Crippen LogP contribution in [0.3, 0.4) is 0 Å². The Morgan fingerprint density at radius 3 is 2.44 bits per heavy atom. The highest BCUT2D eigenvalue weighted by Crippen LogP contribution is 2.32. The number of esters is 1. The van der Waals surface area contributed by atoms with E-state index >= 15 is 0 Å². The van der Waals surface area contributed by atoms with Crippen molar-refractivity contribution in [3.05, 3.63) is 52.0 Å². The van der Waals surface area contributed by atoms with Gasteiger partial charge in [0.1, 0.15) is 0 Å². The van der Waals surface area contributed by atoms with Gasteiger partial charge in [-0.05, 0) is 59.3 Å². The smallest absolute Gasteiger partial charge is 0.338 e. The number of nitrogens with one attached hydrogen (secondary N) is 1. The van der Waals surface area contributed by atoms with E-state index in [0.717, 1.165) is 0 Å². The Balaban J connectivity index is 1.97. The normalized spacial score (nSPS) is 10.0. The minimum atomic E-state index is -0.421. The van der Waals surface area contributed by atoms with Crippen LogP contribution >= 0.6 is 15.9 Å². The maximum atomic E-state index is 12.1. The highest BCUT2D eigenvalue weighted by molar-refractivity contribution is 9.10. The third-order valence-electron chi connectivity index (χ3n) is 3.45. The molecule has 7 nitrogen and oxygen atoms in total. The van der Waals surface area contributed by atoms with Crippen molar-refractivity contribution >= 4 is 39.8 Å². The van der Waals surface area contributed by atoms with Crippen LogP contribution in [-0.2, 0) is 9.53 Å². The van der Waals surface area contributed by atoms with Gasteiger partial charge in [-0.15, -0.1) is 0 Å². The maximum absolute atomic E-state index is 12.1. The minimum absolute atomic E-state index is 0.261. The molecule has 2 rings (SSSR count). The van der Waals surface area contributed by atoms with Crippen LogP contribution in [0.15, 0.2) is 40.9 Å². The number of ether oxygens (including phenoxy) is 3. The quantitative estimate of drug-likeness (QED) is 0.504. The highest BCUT2D eigenvalue weighted by Gasteiger charge is 2.12. The van der Waals surface area contributed by atoms with Gasteiger partial charge < -0.3 is 19.5 Å². The number of benzene rings is 2. The van der Waals surface area contributed by atoms with Gasteiger partial charge in [-0.2, -0.15) is 0 Å². The molecule has 2 aromatic rings. The molecule has 1 amide bonds. The van der Waals surface area contributed by atoms with Gasteiger partial charge in [-0.25, -0.2) is 4.79 Å². The average molecular weight is 436 g/mol. The first-order chi connectivity index (χ1) is 13.0. The van der Waals surface area contributed by atoms with Crippen molar-refractivity contribution in [2.45, 2.75) is 6.92 Å². The van der Waals surface area contributed by atoms with Crippen LogP contribution in [0.1, 0.15) is 27.6 Å². The lowest BCUT2D eigenvalue weighted by Crippen LogP contribution is -2.20. The lowest BCUT2D eigenvalue weighted by atomic mass is 10.2. The zero-order valence-electron chi connectivity index (χ0n) is 14.8. The van der Waals surface area contributed by atoms with Gasteiger partial charge in [0.15, 0.2) is 24.4 Å². The molecule has 0 atom stereocenters. The summed E-state index contributed by atoms with van der Waals surface area (Å²) >= 11 is 3.26. The largest absolute Gasteiger partial charge is 0.493 e. The summed E-state index contributed by atoms with van der Waals surface area (Å²) < 4.78 is 16.1. The SMILES string of the molecule is CCOC(=O)c1ccc(NC(=O)COc2cc(Br)c(C=O)cc2OC)cc1. The molecular weight excluding hydrogens is 418 g/mol. The Morgan fingerprint density at radius 1 is 1.15 bits per heavy atom. The van der Waals surface area contributed by atoms with Crippen molar-refractivity contribution in [3.8, 4) is 11.5 Å². The van der Waals surface area contributed by atoms with E-state index in [1.54, 1.807) is 37.3 Å². The number of hydrogen-bond donors (Lipinski definition) is 1. The Kier molecular flexibility index (Phi) is 7.36. The fourth-order valence-corrected chi connectivity index (χ4v) is 2.57. The summed E-state index contributed by atoms with van der Waals surface area (Å²) in [5.41, 5.74) is 1.32. The number of rotatable bonds is 8. The first-order valence-electron chi connectivity index (χ1n) is 8.01. The summed E-state index contributed by atoms with van der Waals surface area (Å²) in [5, 5.41) is 2.66. The van der Waals surface area contributed by atoms with E-state index in [1.807, 2.05) is 0 Å². The first kappa shape index (κ1) is 20.4. The number of amides is 1. The molecule has 0 saturated heterocycles. The number of anilines is 1. The van der Waals surface area contributed by atoms with E-state index in [1.165, 1.54) is 13.2 Å². The van der Waals surface area contributed by atoms with Crippen LogP contribution in [-0.4, -0.2) is 38.5 Å². The Morgan fingerprint density at radius 2 is 1.85 bits per heavy atom. The third-order valence-corrected chi connectivity index (χ3v) is 4.14. The molecule has 0 fully saturated rings. The van der Waals surface area contributed by atoms with Gasteiger partial charge in [0.2, 0.25) is 0 Å². The van der Waals surface area contributed by atoms with Crippen molar-refractivity contribution in [1.82, 2.24) is 0 Å². The van der Waals surface area contributed by atoms with Crippen molar-refractivity contribution in [2.75, 3.05) is 25.6 Å². The summed E-state index contributed by atoms with van der Waals surface area (Å²) in [7, 11) is 1.44. The average Bonchev–Trinajstić information content (AvgIpc) is 2.67.